The summed E-state index contributed by atoms with van der Waals surface area (Å²) < 4.78 is 0. The average molecular weight is 275 g/mol. The van der Waals surface area contributed by atoms with Gasteiger partial charge in [0, 0.05) is 18.9 Å². The maximum atomic E-state index is 12.7. The van der Waals surface area contributed by atoms with E-state index < -0.39 is 0 Å². The van der Waals surface area contributed by atoms with Gasteiger partial charge < -0.3 is 11.1 Å². The Morgan fingerprint density at radius 3 is 2.65 bits per heavy atom. The van der Waals surface area contributed by atoms with Crippen LogP contribution in [0.5, 0.6) is 0 Å². The quantitative estimate of drug-likeness (QED) is 0.830. The van der Waals surface area contributed by atoms with Gasteiger partial charge in [-0.3, -0.25) is 9.78 Å². The summed E-state index contributed by atoms with van der Waals surface area (Å²) in [5, 5.41) is 3.13. The van der Waals surface area contributed by atoms with Crippen LogP contribution in [-0.4, -0.2) is 17.4 Å². The lowest BCUT2D eigenvalue weighted by molar-refractivity contribution is -0.132. The van der Waals surface area contributed by atoms with Crippen molar-refractivity contribution in [3.63, 3.8) is 0 Å². The second-order valence-corrected chi connectivity index (χ2v) is 5.88. The maximum Gasteiger partial charge on any atom is 0.227 e. The summed E-state index contributed by atoms with van der Waals surface area (Å²) in [5.41, 5.74) is 6.61. The van der Waals surface area contributed by atoms with Gasteiger partial charge in [0.15, 0.2) is 0 Å². The minimum Gasteiger partial charge on any atom is -0.349 e. The second-order valence-electron chi connectivity index (χ2n) is 5.88. The first-order chi connectivity index (χ1) is 9.68. The molecule has 0 saturated heterocycles. The monoisotopic (exact) mass is 275 g/mol. The van der Waals surface area contributed by atoms with E-state index in [4.69, 9.17) is 5.73 Å². The fourth-order valence-corrected chi connectivity index (χ4v) is 2.99. The molecule has 1 atom stereocenters. The standard InChI is InChI=1S/C16H25N3O/c1-13(14-7-6-10-18-11-14)19-15(20)16(12-17)8-4-2-3-5-9-16/h6-7,10-11,13H,2-5,8-9,12,17H2,1H3,(H,19,20)/t13-/m0/s1. The number of hydrogen-bond acceptors (Lipinski definition) is 3. The van der Waals surface area contributed by atoms with E-state index in [0.717, 1.165) is 31.2 Å². The number of amides is 1. The lowest BCUT2D eigenvalue weighted by Gasteiger charge is -2.31. The Labute approximate surface area is 121 Å². The molecular weight excluding hydrogens is 250 g/mol. The number of carbonyl (C=O) groups is 1. The van der Waals surface area contributed by atoms with E-state index in [1.807, 2.05) is 19.1 Å². The van der Waals surface area contributed by atoms with Crippen molar-refractivity contribution in [1.29, 1.82) is 0 Å². The summed E-state index contributed by atoms with van der Waals surface area (Å²) >= 11 is 0. The predicted molar refractivity (Wildman–Crippen MR) is 80.0 cm³/mol. The van der Waals surface area contributed by atoms with Crippen LogP contribution in [0.3, 0.4) is 0 Å². The molecule has 0 unspecified atom stereocenters. The molecule has 1 amide bonds. The second kappa shape index (κ2) is 6.84. The lowest BCUT2D eigenvalue weighted by Crippen LogP contribution is -2.46. The van der Waals surface area contributed by atoms with Gasteiger partial charge in [0.05, 0.1) is 11.5 Å². The molecule has 1 aromatic rings. The lowest BCUT2D eigenvalue weighted by atomic mass is 9.79. The van der Waals surface area contributed by atoms with Crippen molar-refractivity contribution < 1.29 is 4.79 Å². The third-order valence-corrected chi connectivity index (χ3v) is 4.47. The van der Waals surface area contributed by atoms with Gasteiger partial charge in [-0.05, 0) is 31.4 Å². The number of nitrogens with zero attached hydrogens (tertiary/aromatic N) is 1. The van der Waals surface area contributed by atoms with Crippen LogP contribution in [0, 0.1) is 5.41 Å². The van der Waals surface area contributed by atoms with Crippen LogP contribution in [0.2, 0.25) is 0 Å². The van der Waals surface area contributed by atoms with Gasteiger partial charge in [0.25, 0.3) is 0 Å². The highest BCUT2D eigenvalue weighted by Gasteiger charge is 2.37. The predicted octanol–water partition coefficient (Wildman–Crippen LogP) is 2.56. The fourth-order valence-electron chi connectivity index (χ4n) is 2.99. The Morgan fingerprint density at radius 1 is 1.40 bits per heavy atom. The number of nitrogens with one attached hydrogen (secondary N) is 1. The minimum atomic E-state index is -0.368. The summed E-state index contributed by atoms with van der Waals surface area (Å²) in [5.74, 6) is 0.109. The van der Waals surface area contributed by atoms with Gasteiger partial charge in [0.2, 0.25) is 5.91 Å². The highest BCUT2D eigenvalue weighted by Crippen LogP contribution is 2.35. The van der Waals surface area contributed by atoms with Crippen molar-refractivity contribution in [2.75, 3.05) is 6.54 Å². The molecule has 2 rings (SSSR count). The zero-order valence-electron chi connectivity index (χ0n) is 12.3. The largest absolute Gasteiger partial charge is 0.349 e. The van der Waals surface area contributed by atoms with E-state index >= 15 is 0 Å². The molecule has 1 aliphatic carbocycles. The van der Waals surface area contributed by atoms with Crippen molar-refractivity contribution in [2.45, 2.75) is 51.5 Å². The van der Waals surface area contributed by atoms with Crippen LogP contribution in [0.25, 0.3) is 0 Å². The zero-order chi connectivity index (χ0) is 14.4. The number of nitrogens with two attached hydrogens (primary N) is 1. The molecule has 4 heteroatoms. The molecular formula is C16H25N3O. The minimum absolute atomic E-state index is 0.0251. The van der Waals surface area contributed by atoms with E-state index in [0.29, 0.717) is 6.54 Å². The number of aromatic nitrogens is 1. The fraction of sp³-hybridized carbons (Fsp3) is 0.625. The van der Waals surface area contributed by atoms with Crippen molar-refractivity contribution in [3.8, 4) is 0 Å². The van der Waals surface area contributed by atoms with Crippen LogP contribution in [-0.2, 0) is 4.79 Å². The molecule has 0 aliphatic heterocycles. The van der Waals surface area contributed by atoms with Crippen molar-refractivity contribution in [3.05, 3.63) is 30.1 Å². The van der Waals surface area contributed by atoms with Crippen LogP contribution < -0.4 is 11.1 Å². The molecule has 0 aromatic carbocycles. The molecule has 3 N–H and O–H groups in total. The van der Waals surface area contributed by atoms with Gasteiger partial charge in [0.1, 0.15) is 0 Å². The van der Waals surface area contributed by atoms with Gasteiger partial charge in [-0.15, -0.1) is 0 Å². The Kier molecular flexibility index (Phi) is 5.12. The van der Waals surface area contributed by atoms with Gasteiger partial charge in [-0.1, -0.05) is 31.7 Å². The SMILES string of the molecule is C[C@H](NC(=O)C1(CN)CCCCCC1)c1cccnc1. The third kappa shape index (κ3) is 3.37. The molecule has 4 nitrogen and oxygen atoms in total. The summed E-state index contributed by atoms with van der Waals surface area (Å²) in [7, 11) is 0. The summed E-state index contributed by atoms with van der Waals surface area (Å²) in [6.45, 7) is 2.44. The maximum absolute atomic E-state index is 12.7. The van der Waals surface area contributed by atoms with Crippen molar-refractivity contribution in [2.24, 2.45) is 11.1 Å². The van der Waals surface area contributed by atoms with Crippen molar-refractivity contribution >= 4 is 5.91 Å². The van der Waals surface area contributed by atoms with Crippen LogP contribution in [0.1, 0.15) is 57.1 Å². The molecule has 0 bridgehead atoms. The molecule has 1 aromatic heterocycles. The first-order valence-electron chi connectivity index (χ1n) is 7.59. The number of carbonyl (C=O) groups excluding carboxylic acids is 1. The smallest absolute Gasteiger partial charge is 0.227 e. The normalized spacial score (nSPS) is 19.9. The Bertz CT molecular complexity index is 425. The van der Waals surface area contributed by atoms with E-state index in [1.54, 1.807) is 12.4 Å². The van der Waals surface area contributed by atoms with E-state index in [9.17, 15) is 4.79 Å². The number of hydrogen-bond donors (Lipinski definition) is 2. The number of pyridine rings is 1. The van der Waals surface area contributed by atoms with E-state index in [1.165, 1.54) is 12.8 Å². The highest BCUT2D eigenvalue weighted by atomic mass is 16.2. The van der Waals surface area contributed by atoms with Crippen molar-refractivity contribution in [1.82, 2.24) is 10.3 Å². The van der Waals surface area contributed by atoms with Gasteiger partial charge in [-0.2, -0.15) is 0 Å². The number of rotatable bonds is 4. The Hall–Kier alpha value is -1.42. The summed E-state index contributed by atoms with van der Waals surface area (Å²) in [6, 6.07) is 3.85. The van der Waals surface area contributed by atoms with E-state index in [-0.39, 0.29) is 17.4 Å². The molecule has 0 spiro atoms. The third-order valence-electron chi connectivity index (χ3n) is 4.47. The first kappa shape index (κ1) is 15.0. The highest BCUT2D eigenvalue weighted by molar-refractivity contribution is 5.83. The van der Waals surface area contributed by atoms with Gasteiger partial charge >= 0.3 is 0 Å². The summed E-state index contributed by atoms with van der Waals surface area (Å²) in [6.07, 6.45) is 10.0. The van der Waals surface area contributed by atoms with Gasteiger partial charge in [-0.25, -0.2) is 0 Å². The average Bonchev–Trinajstić information content (AvgIpc) is 2.74. The zero-order valence-corrected chi connectivity index (χ0v) is 12.3. The van der Waals surface area contributed by atoms with Crippen LogP contribution >= 0.6 is 0 Å². The Morgan fingerprint density at radius 2 is 2.10 bits per heavy atom. The molecule has 1 heterocycles. The molecule has 110 valence electrons. The molecule has 1 saturated carbocycles. The molecule has 1 aliphatic rings. The molecule has 1 fully saturated rings. The molecule has 0 radical (unpaired) electrons. The molecule has 20 heavy (non-hydrogen) atoms. The Balaban J connectivity index is 2.05. The van der Waals surface area contributed by atoms with E-state index in [2.05, 4.69) is 10.3 Å². The topological polar surface area (TPSA) is 68.0 Å². The van der Waals surface area contributed by atoms with Crippen LogP contribution in [0.4, 0.5) is 0 Å². The summed E-state index contributed by atoms with van der Waals surface area (Å²) in [4.78, 5) is 16.8. The van der Waals surface area contributed by atoms with Crippen LogP contribution in [0.15, 0.2) is 24.5 Å². The first-order valence-corrected chi connectivity index (χ1v) is 7.59.